The van der Waals surface area contributed by atoms with Crippen LogP contribution in [0.25, 0.3) is 0 Å². The zero-order chi connectivity index (χ0) is 21.5. The van der Waals surface area contributed by atoms with Crippen molar-refractivity contribution in [3.63, 3.8) is 0 Å². The van der Waals surface area contributed by atoms with Crippen LogP contribution in [-0.4, -0.2) is 72.6 Å². The van der Waals surface area contributed by atoms with Crippen LogP contribution in [0, 0.1) is 12.8 Å². The Morgan fingerprint density at radius 1 is 1.06 bits per heavy atom. The van der Waals surface area contributed by atoms with E-state index in [9.17, 15) is 0 Å². The van der Waals surface area contributed by atoms with Gasteiger partial charge in [-0.3, -0.25) is 9.89 Å². The molecule has 0 atom stereocenters. The molecule has 31 heavy (non-hydrogen) atoms. The predicted octanol–water partition coefficient (Wildman–Crippen LogP) is 3.63. The first-order valence-electron chi connectivity index (χ1n) is 12.5. The summed E-state index contributed by atoms with van der Waals surface area (Å²) in [5.41, 5.74) is 1.23. The molecule has 1 aliphatic carbocycles. The SMILES string of the molecule is CN=C(NCC1CCN(Cc2csc(C)n2)CC1)NC1CCN(C2CCCCC2)CC1. The topological polar surface area (TPSA) is 55.8 Å². The highest BCUT2D eigenvalue weighted by Crippen LogP contribution is 2.25. The van der Waals surface area contributed by atoms with Gasteiger partial charge in [-0.2, -0.15) is 0 Å². The number of aryl methyl sites for hydroxylation is 1. The fourth-order valence-corrected chi connectivity index (χ4v) is 6.15. The van der Waals surface area contributed by atoms with E-state index in [-0.39, 0.29) is 0 Å². The van der Waals surface area contributed by atoms with E-state index in [1.807, 2.05) is 7.05 Å². The molecular formula is C24H42N6S. The van der Waals surface area contributed by atoms with Crippen LogP contribution in [0.15, 0.2) is 10.4 Å². The fraction of sp³-hybridized carbons (Fsp3) is 0.833. The third-order valence-electron chi connectivity index (χ3n) is 7.50. The molecule has 7 heteroatoms. The van der Waals surface area contributed by atoms with E-state index in [1.54, 1.807) is 11.3 Å². The van der Waals surface area contributed by atoms with Gasteiger partial charge in [-0.25, -0.2) is 4.98 Å². The van der Waals surface area contributed by atoms with E-state index >= 15 is 0 Å². The first kappa shape index (κ1) is 23.0. The molecule has 2 saturated heterocycles. The molecule has 0 radical (unpaired) electrons. The lowest BCUT2D eigenvalue weighted by atomic mass is 9.92. The van der Waals surface area contributed by atoms with Crippen molar-refractivity contribution in [3.8, 4) is 0 Å². The van der Waals surface area contributed by atoms with Crippen LogP contribution in [0.1, 0.15) is 68.5 Å². The van der Waals surface area contributed by atoms with E-state index in [1.165, 1.54) is 94.7 Å². The smallest absolute Gasteiger partial charge is 0.191 e. The van der Waals surface area contributed by atoms with Gasteiger partial charge in [-0.05, 0) is 64.5 Å². The molecule has 4 rings (SSSR count). The minimum Gasteiger partial charge on any atom is -0.356 e. The summed E-state index contributed by atoms with van der Waals surface area (Å²) in [5, 5.41) is 10.7. The Kier molecular flexibility index (Phi) is 8.62. The molecule has 3 aliphatic rings. The lowest BCUT2D eigenvalue weighted by Gasteiger charge is -2.39. The third kappa shape index (κ3) is 6.90. The van der Waals surface area contributed by atoms with Crippen molar-refractivity contribution in [2.45, 2.75) is 83.3 Å². The van der Waals surface area contributed by atoms with Crippen molar-refractivity contribution in [1.29, 1.82) is 0 Å². The number of aliphatic imine (C=N–C) groups is 1. The number of likely N-dealkylation sites (tertiary alicyclic amines) is 2. The van der Waals surface area contributed by atoms with Gasteiger partial charge in [0.15, 0.2) is 5.96 Å². The van der Waals surface area contributed by atoms with Crippen LogP contribution in [-0.2, 0) is 6.54 Å². The highest BCUT2D eigenvalue weighted by atomic mass is 32.1. The minimum atomic E-state index is 0.564. The zero-order valence-electron chi connectivity index (χ0n) is 19.6. The van der Waals surface area contributed by atoms with E-state index < -0.39 is 0 Å². The average Bonchev–Trinajstić information content (AvgIpc) is 3.23. The molecule has 1 saturated carbocycles. The number of nitrogens with zero attached hydrogens (tertiary/aromatic N) is 4. The number of hydrogen-bond donors (Lipinski definition) is 2. The summed E-state index contributed by atoms with van der Waals surface area (Å²) < 4.78 is 0. The average molecular weight is 447 g/mol. The molecule has 3 fully saturated rings. The van der Waals surface area contributed by atoms with E-state index in [2.05, 4.69) is 42.7 Å². The lowest BCUT2D eigenvalue weighted by Crippen LogP contribution is -2.51. The summed E-state index contributed by atoms with van der Waals surface area (Å²) in [6, 6.07) is 1.42. The maximum absolute atomic E-state index is 4.62. The first-order valence-corrected chi connectivity index (χ1v) is 13.4. The lowest BCUT2D eigenvalue weighted by molar-refractivity contribution is 0.119. The summed E-state index contributed by atoms with van der Waals surface area (Å²) in [7, 11) is 1.91. The van der Waals surface area contributed by atoms with Crippen molar-refractivity contribution >= 4 is 17.3 Å². The number of nitrogens with one attached hydrogen (secondary N) is 2. The Hall–Kier alpha value is -1.18. The largest absolute Gasteiger partial charge is 0.356 e. The number of guanidine groups is 1. The molecule has 1 aromatic rings. The molecule has 3 heterocycles. The summed E-state index contributed by atoms with van der Waals surface area (Å²) in [6.07, 6.45) is 12.1. The quantitative estimate of drug-likeness (QED) is 0.516. The highest BCUT2D eigenvalue weighted by Gasteiger charge is 2.27. The molecule has 0 amide bonds. The number of thiazole rings is 1. The molecule has 6 nitrogen and oxygen atoms in total. The fourth-order valence-electron chi connectivity index (χ4n) is 5.54. The second kappa shape index (κ2) is 11.6. The third-order valence-corrected chi connectivity index (χ3v) is 8.32. The molecule has 0 aromatic carbocycles. The van der Waals surface area contributed by atoms with Crippen LogP contribution in [0.4, 0.5) is 0 Å². The zero-order valence-corrected chi connectivity index (χ0v) is 20.4. The van der Waals surface area contributed by atoms with Crippen LogP contribution >= 0.6 is 11.3 Å². The van der Waals surface area contributed by atoms with Crippen LogP contribution in [0.5, 0.6) is 0 Å². The monoisotopic (exact) mass is 446 g/mol. The number of hydrogen-bond acceptors (Lipinski definition) is 5. The van der Waals surface area contributed by atoms with Crippen molar-refractivity contribution in [1.82, 2.24) is 25.4 Å². The van der Waals surface area contributed by atoms with Crippen molar-refractivity contribution in [2.75, 3.05) is 39.8 Å². The number of rotatable bonds is 6. The number of piperidine rings is 2. The molecule has 2 N–H and O–H groups in total. The molecule has 0 bridgehead atoms. The van der Waals surface area contributed by atoms with Crippen LogP contribution in [0.2, 0.25) is 0 Å². The Morgan fingerprint density at radius 3 is 2.45 bits per heavy atom. The van der Waals surface area contributed by atoms with Gasteiger partial charge in [0.25, 0.3) is 0 Å². The molecule has 1 aromatic heterocycles. The van der Waals surface area contributed by atoms with Gasteiger partial charge in [0, 0.05) is 50.7 Å². The van der Waals surface area contributed by atoms with Gasteiger partial charge in [0.2, 0.25) is 0 Å². The van der Waals surface area contributed by atoms with Gasteiger partial charge >= 0.3 is 0 Å². The van der Waals surface area contributed by atoms with Crippen LogP contribution in [0.3, 0.4) is 0 Å². The van der Waals surface area contributed by atoms with Gasteiger partial charge < -0.3 is 15.5 Å². The van der Waals surface area contributed by atoms with Gasteiger partial charge in [-0.1, -0.05) is 19.3 Å². The van der Waals surface area contributed by atoms with Crippen molar-refractivity contribution in [2.24, 2.45) is 10.9 Å². The second-order valence-electron chi connectivity index (χ2n) is 9.78. The summed E-state index contributed by atoms with van der Waals surface area (Å²) >= 11 is 1.76. The molecule has 0 spiro atoms. The maximum Gasteiger partial charge on any atom is 0.191 e. The standard InChI is InChI=1S/C24H42N6S/c1-19-27-22(18-31-19)17-29-12-8-20(9-13-29)16-26-24(25-2)28-21-10-14-30(15-11-21)23-6-4-3-5-7-23/h18,20-21,23H,3-17H2,1-2H3,(H2,25,26,28). The predicted molar refractivity (Wildman–Crippen MR) is 131 cm³/mol. The molecule has 2 aliphatic heterocycles. The summed E-state index contributed by atoms with van der Waals surface area (Å²) in [6.45, 7) is 8.97. The minimum absolute atomic E-state index is 0.564. The summed E-state index contributed by atoms with van der Waals surface area (Å²) in [5.74, 6) is 1.73. The maximum atomic E-state index is 4.62. The van der Waals surface area contributed by atoms with Crippen LogP contribution < -0.4 is 10.6 Å². The van der Waals surface area contributed by atoms with E-state index in [0.717, 1.165) is 31.0 Å². The van der Waals surface area contributed by atoms with Crippen molar-refractivity contribution < 1.29 is 0 Å². The Bertz CT molecular complexity index is 682. The number of aromatic nitrogens is 1. The Labute approximate surface area is 192 Å². The first-order chi connectivity index (χ1) is 15.2. The normalized spacial score (nSPS) is 23.9. The molecule has 0 unspecified atom stereocenters. The van der Waals surface area contributed by atoms with Crippen molar-refractivity contribution in [3.05, 3.63) is 16.1 Å². The van der Waals surface area contributed by atoms with Gasteiger partial charge in [0.1, 0.15) is 0 Å². The van der Waals surface area contributed by atoms with Gasteiger partial charge in [0.05, 0.1) is 10.7 Å². The van der Waals surface area contributed by atoms with E-state index in [0.29, 0.717) is 6.04 Å². The Balaban J connectivity index is 1.12. The molecular weight excluding hydrogens is 404 g/mol. The summed E-state index contributed by atoms with van der Waals surface area (Å²) in [4.78, 5) is 14.4. The molecule has 174 valence electrons. The Morgan fingerprint density at radius 2 is 1.81 bits per heavy atom. The van der Waals surface area contributed by atoms with E-state index in [4.69, 9.17) is 0 Å². The second-order valence-corrected chi connectivity index (χ2v) is 10.8. The highest BCUT2D eigenvalue weighted by molar-refractivity contribution is 7.09. The van der Waals surface area contributed by atoms with Gasteiger partial charge in [-0.15, -0.1) is 11.3 Å².